The van der Waals surface area contributed by atoms with Gasteiger partial charge in [-0.05, 0) is 76.5 Å². The van der Waals surface area contributed by atoms with E-state index in [2.05, 4.69) is 33.2 Å². The van der Waals surface area contributed by atoms with Crippen molar-refractivity contribution in [3.8, 4) is 0 Å². The van der Waals surface area contributed by atoms with Gasteiger partial charge in [0.25, 0.3) is 0 Å². The van der Waals surface area contributed by atoms with Crippen LogP contribution in [0.4, 0.5) is 10.1 Å². The van der Waals surface area contributed by atoms with E-state index in [4.69, 9.17) is 0 Å². The van der Waals surface area contributed by atoms with E-state index >= 15 is 0 Å². The van der Waals surface area contributed by atoms with Gasteiger partial charge in [0.1, 0.15) is 11.9 Å². The number of fused-ring (bicyclic) bond motifs is 1. The third kappa shape index (κ3) is 5.24. The van der Waals surface area contributed by atoms with E-state index in [0.717, 1.165) is 19.4 Å². The number of anilines is 1. The SMILES string of the molecule is CC1=C(C(=O)NC(C)C(=O)NCCC2CCCN2C)C(C)C(=CC2C(=O)Nc3ccc(F)cc32)N1. The summed E-state index contributed by atoms with van der Waals surface area (Å²) in [5.41, 5.74) is 3.03. The summed E-state index contributed by atoms with van der Waals surface area (Å²) in [5.74, 6) is -2.15. The summed E-state index contributed by atoms with van der Waals surface area (Å²) in [6.07, 6.45) is 4.97. The van der Waals surface area contributed by atoms with E-state index < -0.39 is 17.8 Å². The van der Waals surface area contributed by atoms with Crippen LogP contribution < -0.4 is 21.3 Å². The lowest BCUT2D eigenvalue weighted by atomic mass is 9.93. The molecule has 4 atom stereocenters. The Bertz CT molecular complexity index is 1100. The van der Waals surface area contributed by atoms with Crippen LogP contribution in [0.5, 0.6) is 0 Å². The lowest BCUT2D eigenvalue weighted by Gasteiger charge is -2.20. The van der Waals surface area contributed by atoms with Gasteiger partial charge in [0.05, 0.1) is 5.92 Å². The molecule has 0 aliphatic carbocycles. The molecule has 4 unspecified atom stereocenters. The number of carbonyl (C=O) groups is 3. The molecule has 3 aliphatic heterocycles. The van der Waals surface area contributed by atoms with Gasteiger partial charge in [-0.2, -0.15) is 0 Å². The number of nitrogens with zero attached hydrogens (tertiary/aromatic N) is 1. The quantitative estimate of drug-likeness (QED) is 0.477. The fourth-order valence-corrected chi connectivity index (χ4v) is 5.23. The first-order chi connectivity index (χ1) is 16.7. The first kappa shape index (κ1) is 24.9. The Morgan fingerprint density at radius 1 is 1.31 bits per heavy atom. The molecule has 0 bridgehead atoms. The van der Waals surface area contributed by atoms with Crippen LogP contribution in [0.2, 0.25) is 0 Å². The predicted molar refractivity (Wildman–Crippen MR) is 132 cm³/mol. The molecule has 1 fully saturated rings. The van der Waals surface area contributed by atoms with Crippen molar-refractivity contribution in [2.45, 2.75) is 58.0 Å². The highest BCUT2D eigenvalue weighted by Crippen LogP contribution is 2.37. The molecule has 3 heterocycles. The van der Waals surface area contributed by atoms with Crippen molar-refractivity contribution in [3.05, 3.63) is 52.6 Å². The molecule has 0 saturated carbocycles. The molecule has 188 valence electrons. The van der Waals surface area contributed by atoms with Crippen LogP contribution in [-0.4, -0.2) is 54.8 Å². The summed E-state index contributed by atoms with van der Waals surface area (Å²) in [7, 11) is 2.11. The number of rotatable bonds is 7. The van der Waals surface area contributed by atoms with Gasteiger partial charge < -0.3 is 26.2 Å². The van der Waals surface area contributed by atoms with E-state index in [1.807, 2.05) is 6.92 Å². The highest BCUT2D eigenvalue weighted by molar-refractivity contribution is 6.04. The fourth-order valence-electron chi connectivity index (χ4n) is 5.23. The monoisotopic (exact) mass is 483 g/mol. The second-order valence-corrected chi connectivity index (χ2v) is 9.76. The Morgan fingerprint density at radius 3 is 2.80 bits per heavy atom. The average Bonchev–Trinajstić information content (AvgIpc) is 3.43. The van der Waals surface area contributed by atoms with Crippen LogP contribution in [0.1, 0.15) is 51.5 Å². The van der Waals surface area contributed by atoms with Gasteiger partial charge in [-0.1, -0.05) is 6.92 Å². The molecule has 3 aliphatic rings. The highest BCUT2D eigenvalue weighted by atomic mass is 19.1. The highest BCUT2D eigenvalue weighted by Gasteiger charge is 2.35. The molecule has 3 amide bonds. The minimum absolute atomic E-state index is 0.215. The number of likely N-dealkylation sites (tertiary alicyclic amines) is 1. The number of hydrogen-bond donors (Lipinski definition) is 4. The number of amides is 3. The topological polar surface area (TPSA) is 103 Å². The Hall–Kier alpha value is -3.20. The Labute approximate surface area is 205 Å². The van der Waals surface area contributed by atoms with E-state index in [-0.39, 0.29) is 23.6 Å². The summed E-state index contributed by atoms with van der Waals surface area (Å²) in [5, 5.41) is 11.7. The first-order valence-corrected chi connectivity index (χ1v) is 12.2. The first-order valence-electron chi connectivity index (χ1n) is 12.2. The Balaban J connectivity index is 1.35. The fraction of sp³-hybridized carbons (Fsp3) is 0.500. The normalized spacial score (nSPS) is 25.9. The Morgan fingerprint density at radius 2 is 2.09 bits per heavy atom. The molecule has 9 heteroatoms. The maximum absolute atomic E-state index is 13.8. The third-order valence-corrected chi connectivity index (χ3v) is 7.30. The minimum atomic E-state index is -0.681. The van der Waals surface area contributed by atoms with Crippen molar-refractivity contribution in [1.82, 2.24) is 20.9 Å². The van der Waals surface area contributed by atoms with Crippen LogP contribution in [-0.2, 0) is 14.4 Å². The number of benzene rings is 1. The molecular weight excluding hydrogens is 449 g/mol. The maximum atomic E-state index is 13.8. The van der Waals surface area contributed by atoms with Crippen molar-refractivity contribution in [2.24, 2.45) is 5.92 Å². The zero-order chi connectivity index (χ0) is 25.3. The summed E-state index contributed by atoms with van der Waals surface area (Å²) in [6.45, 7) is 7.00. The van der Waals surface area contributed by atoms with Crippen LogP contribution in [0, 0.1) is 11.7 Å². The van der Waals surface area contributed by atoms with Crippen LogP contribution in [0.3, 0.4) is 0 Å². The number of hydrogen-bond acceptors (Lipinski definition) is 5. The molecule has 8 nitrogen and oxygen atoms in total. The van der Waals surface area contributed by atoms with Crippen molar-refractivity contribution >= 4 is 23.4 Å². The van der Waals surface area contributed by atoms with Gasteiger partial charge >= 0.3 is 0 Å². The molecule has 1 aromatic carbocycles. The number of carbonyl (C=O) groups excluding carboxylic acids is 3. The summed E-state index contributed by atoms with van der Waals surface area (Å²) in [4.78, 5) is 40.4. The molecule has 4 N–H and O–H groups in total. The summed E-state index contributed by atoms with van der Waals surface area (Å²) in [6, 6.07) is 4.03. The molecule has 35 heavy (non-hydrogen) atoms. The zero-order valence-electron chi connectivity index (χ0n) is 20.7. The molecule has 0 spiro atoms. The average molecular weight is 484 g/mol. The number of nitrogens with one attached hydrogen (secondary N) is 4. The lowest BCUT2D eigenvalue weighted by Crippen LogP contribution is -2.46. The van der Waals surface area contributed by atoms with Crippen LogP contribution >= 0.6 is 0 Å². The summed E-state index contributed by atoms with van der Waals surface area (Å²) < 4.78 is 13.8. The van der Waals surface area contributed by atoms with E-state index in [1.54, 1.807) is 26.0 Å². The minimum Gasteiger partial charge on any atom is -0.362 e. The second kappa shape index (κ2) is 10.2. The lowest BCUT2D eigenvalue weighted by molar-refractivity contribution is -0.127. The predicted octanol–water partition coefficient (Wildman–Crippen LogP) is 2.36. The summed E-state index contributed by atoms with van der Waals surface area (Å²) >= 11 is 0. The molecule has 0 aromatic heterocycles. The zero-order valence-corrected chi connectivity index (χ0v) is 20.7. The molecule has 0 radical (unpaired) electrons. The van der Waals surface area contributed by atoms with Gasteiger partial charge in [0.2, 0.25) is 17.7 Å². The maximum Gasteiger partial charge on any atom is 0.250 e. The standard InChI is InChI=1S/C26H34FN5O3/c1-14-22(13-20-19-12-17(27)7-8-21(19)31-25(20)34)29-15(2)23(14)26(35)30-16(3)24(33)28-10-9-18-6-5-11-32(18)4/h7-8,12-14,16,18,20,29H,5-6,9-11H2,1-4H3,(H,28,33)(H,30,35)(H,31,34). The van der Waals surface area contributed by atoms with Crippen molar-refractivity contribution < 1.29 is 18.8 Å². The van der Waals surface area contributed by atoms with Crippen LogP contribution in [0.25, 0.3) is 0 Å². The smallest absolute Gasteiger partial charge is 0.250 e. The Kier molecular flexibility index (Phi) is 7.25. The van der Waals surface area contributed by atoms with Crippen molar-refractivity contribution in [2.75, 3.05) is 25.5 Å². The van der Waals surface area contributed by atoms with Gasteiger partial charge in [0.15, 0.2) is 0 Å². The van der Waals surface area contributed by atoms with Crippen LogP contribution in [0.15, 0.2) is 41.2 Å². The van der Waals surface area contributed by atoms with Crippen molar-refractivity contribution in [3.63, 3.8) is 0 Å². The molecule has 1 aromatic rings. The van der Waals surface area contributed by atoms with Crippen molar-refractivity contribution in [1.29, 1.82) is 0 Å². The largest absolute Gasteiger partial charge is 0.362 e. The van der Waals surface area contributed by atoms with Gasteiger partial charge in [0, 0.05) is 41.2 Å². The molecule has 4 rings (SSSR count). The number of allylic oxidation sites excluding steroid dienone is 2. The van der Waals surface area contributed by atoms with E-state index in [0.29, 0.717) is 40.8 Å². The van der Waals surface area contributed by atoms with Gasteiger partial charge in [-0.15, -0.1) is 0 Å². The van der Waals surface area contributed by atoms with Gasteiger partial charge in [-0.3, -0.25) is 14.4 Å². The second-order valence-electron chi connectivity index (χ2n) is 9.76. The van der Waals surface area contributed by atoms with E-state index in [9.17, 15) is 18.8 Å². The third-order valence-electron chi connectivity index (χ3n) is 7.30. The molecule has 1 saturated heterocycles. The van der Waals surface area contributed by atoms with E-state index in [1.165, 1.54) is 18.6 Å². The number of halogens is 1. The molecular formula is C26H34FN5O3. The van der Waals surface area contributed by atoms with Gasteiger partial charge in [-0.25, -0.2) is 4.39 Å².